The topological polar surface area (TPSA) is 61.8 Å². The minimum absolute atomic E-state index is 0.160. The highest BCUT2D eigenvalue weighted by molar-refractivity contribution is 5.82. The van der Waals surface area contributed by atoms with Crippen LogP contribution in [0.4, 0.5) is 13.2 Å². The Hall–Kier alpha value is -1.80. The van der Waals surface area contributed by atoms with Crippen LogP contribution >= 0.6 is 0 Å². The maximum Gasteiger partial charge on any atom is 0.573 e. The van der Waals surface area contributed by atoms with E-state index in [4.69, 9.17) is 0 Å². The first kappa shape index (κ1) is 16.6. The van der Waals surface area contributed by atoms with Gasteiger partial charge in [0.05, 0.1) is 12.1 Å². The van der Waals surface area contributed by atoms with Crippen LogP contribution in [0.1, 0.15) is 12.0 Å². The molecule has 1 fully saturated rings. The van der Waals surface area contributed by atoms with E-state index in [-0.39, 0.29) is 18.2 Å². The average Bonchev–Trinajstić information content (AvgIpc) is 2.85. The van der Waals surface area contributed by atoms with Crippen LogP contribution in [0.5, 0.6) is 5.75 Å². The first-order chi connectivity index (χ1) is 10.2. The number of β-amino-alcohol motifs (C(OH)–C–C–N with tert-alkyl or cyclic N) is 1. The van der Waals surface area contributed by atoms with Crippen LogP contribution in [0.25, 0.3) is 0 Å². The molecule has 2 rings (SSSR count). The van der Waals surface area contributed by atoms with Gasteiger partial charge in [0.1, 0.15) is 5.75 Å². The summed E-state index contributed by atoms with van der Waals surface area (Å²) in [7, 11) is 1.61. The molecule has 5 nitrogen and oxygen atoms in total. The summed E-state index contributed by atoms with van der Waals surface area (Å²) in [6.45, 7) is 0.646. The third kappa shape index (κ3) is 4.60. The van der Waals surface area contributed by atoms with Gasteiger partial charge < -0.3 is 20.1 Å². The summed E-state index contributed by atoms with van der Waals surface area (Å²) < 4.78 is 40.0. The van der Waals surface area contributed by atoms with Crippen molar-refractivity contribution in [1.82, 2.24) is 10.2 Å². The van der Waals surface area contributed by atoms with E-state index in [1.165, 1.54) is 29.2 Å². The summed E-state index contributed by atoms with van der Waals surface area (Å²) in [5.41, 5.74) is 0.684. The van der Waals surface area contributed by atoms with Crippen molar-refractivity contribution in [1.29, 1.82) is 0 Å². The first-order valence-electron chi connectivity index (χ1n) is 6.76. The number of nitrogens with zero attached hydrogens (tertiary/aromatic N) is 1. The Bertz CT molecular complexity index is 519. The lowest BCUT2D eigenvalue weighted by atomic mass is 10.1. The molecule has 1 amide bonds. The van der Waals surface area contributed by atoms with Crippen molar-refractivity contribution in [3.8, 4) is 5.75 Å². The normalized spacial score (nSPS) is 21.7. The molecule has 0 aliphatic carbocycles. The van der Waals surface area contributed by atoms with E-state index in [0.717, 1.165) is 0 Å². The molecule has 1 saturated heterocycles. The predicted molar refractivity (Wildman–Crippen MR) is 72.0 cm³/mol. The summed E-state index contributed by atoms with van der Waals surface area (Å²) >= 11 is 0. The van der Waals surface area contributed by atoms with Crippen LogP contribution in [0, 0.1) is 0 Å². The van der Waals surface area contributed by atoms with Crippen LogP contribution in [-0.2, 0) is 11.3 Å². The molecule has 1 aromatic rings. The molecule has 0 aromatic heterocycles. The molecule has 0 saturated carbocycles. The third-order valence-corrected chi connectivity index (χ3v) is 3.36. The van der Waals surface area contributed by atoms with Crippen molar-refractivity contribution in [3.05, 3.63) is 29.8 Å². The van der Waals surface area contributed by atoms with Crippen molar-refractivity contribution >= 4 is 5.91 Å². The second-order valence-electron chi connectivity index (χ2n) is 5.24. The van der Waals surface area contributed by atoms with Gasteiger partial charge in [0.15, 0.2) is 0 Å². The predicted octanol–water partition coefficient (Wildman–Crippen LogP) is 1.27. The molecule has 1 heterocycles. The summed E-state index contributed by atoms with van der Waals surface area (Å²) in [4.78, 5) is 13.6. The Morgan fingerprint density at radius 3 is 2.55 bits per heavy atom. The van der Waals surface area contributed by atoms with E-state index in [0.29, 0.717) is 18.5 Å². The Kier molecular flexibility index (Phi) is 4.92. The number of amides is 1. The Morgan fingerprint density at radius 2 is 2.05 bits per heavy atom. The monoisotopic (exact) mass is 318 g/mol. The largest absolute Gasteiger partial charge is 0.573 e. The fraction of sp³-hybridized carbons (Fsp3) is 0.500. The minimum atomic E-state index is -4.72. The van der Waals surface area contributed by atoms with Gasteiger partial charge in [0.25, 0.3) is 0 Å². The van der Waals surface area contributed by atoms with Crippen molar-refractivity contribution < 1.29 is 27.8 Å². The number of nitrogens with one attached hydrogen (secondary N) is 1. The van der Waals surface area contributed by atoms with Crippen LogP contribution < -0.4 is 10.1 Å². The number of alkyl halides is 3. The van der Waals surface area contributed by atoms with E-state index < -0.39 is 18.5 Å². The molecule has 1 aromatic carbocycles. The number of carbonyl (C=O) groups excluding carboxylic acids is 1. The molecule has 122 valence electrons. The number of benzene rings is 1. The molecular formula is C14H17F3N2O3. The highest BCUT2D eigenvalue weighted by Gasteiger charge is 2.31. The fourth-order valence-electron chi connectivity index (χ4n) is 2.32. The Morgan fingerprint density at radius 1 is 1.41 bits per heavy atom. The van der Waals surface area contributed by atoms with Crippen LogP contribution in [0.2, 0.25) is 0 Å². The number of ether oxygens (including phenoxy) is 1. The highest BCUT2D eigenvalue weighted by Crippen LogP contribution is 2.23. The van der Waals surface area contributed by atoms with Gasteiger partial charge in [0.2, 0.25) is 5.91 Å². The zero-order valence-electron chi connectivity index (χ0n) is 11.9. The lowest BCUT2D eigenvalue weighted by molar-refractivity contribution is -0.274. The summed E-state index contributed by atoms with van der Waals surface area (Å²) in [5, 5.41) is 12.3. The van der Waals surface area contributed by atoms with Gasteiger partial charge in [-0.2, -0.15) is 0 Å². The van der Waals surface area contributed by atoms with Crippen LogP contribution in [0.15, 0.2) is 24.3 Å². The van der Waals surface area contributed by atoms with Gasteiger partial charge in [0, 0.05) is 20.1 Å². The molecule has 0 unspecified atom stereocenters. The van der Waals surface area contributed by atoms with Gasteiger partial charge in [-0.05, 0) is 24.1 Å². The Labute approximate surface area is 125 Å². The van der Waals surface area contributed by atoms with E-state index in [2.05, 4.69) is 10.1 Å². The van der Waals surface area contributed by atoms with E-state index >= 15 is 0 Å². The molecule has 2 atom stereocenters. The fourth-order valence-corrected chi connectivity index (χ4v) is 2.32. The quantitative estimate of drug-likeness (QED) is 0.878. The van der Waals surface area contributed by atoms with E-state index in [9.17, 15) is 23.1 Å². The molecular weight excluding hydrogens is 301 g/mol. The molecule has 0 radical (unpaired) electrons. The number of halogens is 3. The van der Waals surface area contributed by atoms with Gasteiger partial charge in [-0.1, -0.05) is 12.1 Å². The number of aliphatic hydroxyl groups excluding tert-OH is 1. The SMILES string of the molecule is CN(Cc1ccc(OC(F)(F)F)cc1)C(=O)[C@@H]1C[C@H](O)CN1. The molecule has 1 aliphatic heterocycles. The zero-order chi connectivity index (χ0) is 16.3. The lowest BCUT2D eigenvalue weighted by Gasteiger charge is -2.21. The maximum atomic E-state index is 12.1. The number of likely N-dealkylation sites (N-methyl/N-ethyl adjacent to an activating group) is 1. The summed E-state index contributed by atoms with van der Waals surface area (Å²) in [6, 6.07) is 4.94. The molecule has 0 spiro atoms. The van der Waals surface area contributed by atoms with Crippen LogP contribution in [0.3, 0.4) is 0 Å². The van der Waals surface area contributed by atoms with Crippen molar-refractivity contribution in [3.63, 3.8) is 0 Å². The van der Waals surface area contributed by atoms with Gasteiger partial charge in [-0.25, -0.2) is 0 Å². The number of rotatable bonds is 4. The van der Waals surface area contributed by atoms with Crippen LogP contribution in [-0.4, -0.2) is 48.0 Å². The molecule has 2 N–H and O–H groups in total. The molecule has 8 heteroatoms. The lowest BCUT2D eigenvalue weighted by Crippen LogP contribution is -2.41. The number of carbonyl (C=O) groups is 1. The first-order valence-corrected chi connectivity index (χ1v) is 6.76. The van der Waals surface area contributed by atoms with Crippen molar-refractivity contribution in [2.75, 3.05) is 13.6 Å². The standard InChI is InChI=1S/C14H17F3N2O3/c1-19(13(21)12-6-10(20)7-18-12)8-9-2-4-11(5-3-9)22-14(15,16)17/h2-5,10,12,18,20H,6-8H2,1H3/t10-,12-/m0/s1. The number of aliphatic hydroxyl groups is 1. The van der Waals surface area contributed by atoms with E-state index in [1.807, 2.05) is 0 Å². The van der Waals surface area contributed by atoms with Gasteiger partial charge in [-0.3, -0.25) is 4.79 Å². The Balaban J connectivity index is 1.91. The van der Waals surface area contributed by atoms with Crippen molar-refractivity contribution in [2.24, 2.45) is 0 Å². The average molecular weight is 318 g/mol. The van der Waals surface area contributed by atoms with Gasteiger partial charge >= 0.3 is 6.36 Å². The zero-order valence-corrected chi connectivity index (χ0v) is 11.9. The molecule has 0 bridgehead atoms. The number of hydrogen-bond acceptors (Lipinski definition) is 4. The molecule has 1 aliphatic rings. The highest BCUT2D eigenvalue weighted by atomic mass is 19.4. The van der Waals surface area contributed by atoms with Gasteiger partial charge in [-0.15, -0.1) is 13.2 Å². The third-order valence-electron chi connectivity index (χ3n) is 3.36. The number of hydrogen-bond donors (Lipinski definition) is 2. The second kappa shape index (κ2) is 6.53. The second-order valence-corrected chi connectivity index (χ2v) is 5.24. The minimum Gasteiger partial charge on any atom is -0.406 e. The summed E-state index contributed by atoms with van der Waals surface area (Å²) in [6.07, 6.45) is -4.88. The summed E-state index contributed by atoms with van der Waals surface area (Å²) in [5.74, 6) is -0.460. The smallest absolute Gasteiger partial charge is 0.406 e. The maximum absolute atomic E-state index is 12.1. The van der Waals surface area contributed by atoms with Crippen molar-refractivity contribution in [2.45, 2.75) is 31.5 Å². The molecule has 22 heavy (non-hydrogen) atoms. The van der Waals surface area contributed by atoms with E-state index in [1.54, 1.807) is 7.05 Å².